The van der Waals surface area contributed by atoms with E-state index in [4.69, 9.17) is 11.5 Å². The van der Waals surface area contributed by atoms with E-state index in [1.807, 2.05) is 0 Å². The van der Waals surface area contributed by atoms with Crippen molar-refractivity contribution in [3.8, 4) is 0 Å². The predicted octanol–water partition coefficient (Wildman–Crippen LogP) is -1.27. The van der Waals surface area contributed by atoms with Gasteiger partial charge in [-0.05, 0) is 17.3 Å². The van der Waals surface area contributed by atoms with E-state index in [1.54, 1.807) is 0 Å². The Morgan fingerprint density at radius 2 is 2.36 bits per heavy atom. The lowest BCUT2D eigenvalue weighted by molar-refractivity contribution is -0.118. The Balaban J connectivity index is 3.64. The van der Waals surface area contributed by atoms with Crippen molar-refractivity contribution in [2.75, 3.05) is 11.5 Å². The van der Waals surface area contributed by atoms with Gasteiger partial charge in [0.1, 0.15) is 17.5 Å². The smallest absolute Gasteiger partial charge is 0.239 e. The third-order valence-electron chi connectivity index (χ3n) is 1.03. The number of carbonyl (C=O) groups is 1. The van der Waals surface area contributed by atoms with Crippen molar-refractivity contribution < 1.29 is 9.35 Å². The van der Waals surface area contributed by atoms with Crippen molar-refractivity contribution in [2.24, 2.45) is 11.5 Å². The molecular weight excluding hydrogens is 164 g/mol. The summed E-state index contributed by atoms with van der Waals surface area (Å²) in [4.78, 5) is 10.4. The first-order chi connectivity index (χ1) is 5.07. The molecule has 0 bridgehead atoms. The normalized spacial score (nSPS) is 15.5. The Hall–Kier alpha value is -0.520. The van der Waals surface area contributed by atoms with E-state index >= 15 is 0 Å². The number of nitrogens with two attached hydrogens (primary N) is 2. The molecule has 4 N–H and O–H groups in total. The Labute approximate surface area is 68.8 Å². The van der Waals surface area contributed by atoms with Gasteiger partial charge in [-0.25, -0.2) is 0 Å². The van der Waals surface area contributed by atoms with Crippen LogP contribution in [0.5, 0.6) is 0 Å². The average molecular weight is 176 g/mol. The molecule has 0 saturated carbocycles. The fourth-order valence-electron chi connectivity index (χ4n) is 0.482. The molecule has 0 fully saturated rings. The second-order valence-corrected chi connectivity index (χ2v) is 3.62. The molecule has 0 aliphatic rings. The highest BCUT2D eigenvalue weighted by molar-refractivity contribution is 7.91. The molecule has 1 unspecified atom stereocenters. The number of amides is 1. The van der Waals surface area contributed by atoms with Gasteiger partial charge < -0.3 is 16.0 Å². The summed E-state index contributed by atoms with van der Waals surface area (Å²) in [6.45, 7) is 3.40. The first-order valence-electron chi connectivity index (χ1n) is 3.08. The fraction of sp³-hybridized carbons (Fsp3) is 0.500. The lowest BCUT2D eigenvalue weighted by atomic mass is 10.3. The molecule has 1 amide bonds. The summed E-state index contributed by atoms with van der Waals surface area (Å²) in [5.41, 5.74) is 10.1. The SMILES string of the molecule is C=CC[S+]([O-])C[C@H](N)C(N)=O. The van der Waals surface area contributed by atoms with Crippen LogP contribution in [0.3, 0.4) is 0 Å². The number of rotatable bonds is 5. The van der Waals surface area contributed by atoms with Crippen molar-refractivity contribution in [1.29, 1.82) is 0 Å². The zero-order chi connectivity index (χ0) is 8.85. The Kier molecular flexibility index (Phi) is 4.93. The van der Waals surface area contributed by atoms with Crippen molar-refractivity contribution in [3.63, 3.8) is 0 Å². The second-order valence-electron chi connectivity index (χ2n) is 2.07. The van der Waals surface area contributed by atoms with Crippen LogP contribution in [0.4, 0.5) is 0 Å². The van der Waals surface area contributed by atoms with E-state index in [-0.39, 0.29) is 5.75 Å². The van der Waals surface area contributed by atoms with Crippen LogP contribution in [0.1, 0.15) is 0 Å². The maximum absolute atomic E-state index is 10.9. The van der Waals surface area contributed by atoms with Gasteiger partial charge in [-0.2, -0.15) is 0 Å². The minimum absolute atomic E-state index is 0.112. The first kappa shape index (κ1) is 10.5. The lowest BCUT2D eigenvalue weighted by Gasteiger charge is -2.11. The first-order valence-corrected chi connectivity index (χ1v) is 4.57. The Bertz CT molecular complexity index is 152. The number of primary amides is 1. The summed E-state index contributed by atoms with van der Waals surface area (Å²) in [5, 5.41) is 0. The molecule has 0 aromatic heterocycles. The van der Waals surface area contributed by atoms with Crippen molar-refractivity contribution in [3.05, 3.63) is 12.7 Å². The Morgan fingerprint density at radius 1 is 1.82 bits per heavy atom. The van der Waals surface area contributed by atoms with Crippen LogP contribution in [0.25, 0.3) is 0 Å². The summed E-state index contributed by atoms with van der Waals surface area (Å²) >= 11 is -1.11. The molecule has 0 aromatic rings. The van der Waals surface area contributed by atoms with Crippen LogP contribution >= 0.6 is 0 Å². The van der Waals surface area contributed by atoms with E-state index in [9.17, 15) is 9.35 Å². The van der Waals surface area contributed by atoms with Gasteiger partial charge in [0.2, 0.25) is 5.91 Å². The predicted molar refractivity (Wildman–Crippen MR) is 45.2 cm³/mol. The number of carbonyl (C=O) groups excluding carboxylic acids is 1. The third-order valence-corrected chi connectivity index (χ3v) is 2.37. The van der Waals surface area contributed by atoms with Gasteiger partial charge in [0, 0.05) is 0 Å². The van der Waals surface area contributed by atoms with Gasteiger partial charge in [-0.1, -0.05) is 6.58 Å². The molecule has 11 heavy (non-hydrogen) atoms. The molecule has 0 saturated heterocycles. The highest BCUT2D eigenvalue weighted by atomic mass is 32.2. The molecule has 0 aliphatic heterocycles. The van der Waals surface area contributed by atoms with E-state index < -0.39 is 23.1 Å². The average Bonchev–Trinajstić information content (AvgIpc) is 1.87. The molecule has 0 heterocycles. The molecule has 5 heteroatoms. The van der Waals surface area contributed by atoms with E-state index in [0.29, 0.717) is 5.75 Å². The van der Waals surface area contributed by atoms with Gasteiger partial charge >= 0.3 is 0 Å². The summed E-state index contributed by atoms with van der Waals surface area (Å²) in [7, 11) is 0. The van der Waals surface area contributed by atoms with Crippen molar-refractivity contribution >= 4 is 17.1 Å². The van der Waals surface area contributed by atoms with Crippen molar-refractivity contribution in [2.45, 2.75) is 6.04 Å². The largest absolute Gasteiger partial charge is 0.616 e. The maximum Gasteiger partial charge on any atom is 0.239 e. The van der Waals surface area contributed by atoms with Gasteiger partial charge in [0.05, 0.1) is 0 Å². The zero-order valence-corrected chi connectivity index (χ0v) is 6.97. The van der Waals surface area contributed by atoms with Crippen LogP contribution in [-0.4, -0.2) is 28.0 Å². The molecule has 0 aliphatic carbocycles. The van der Waals surface area contributed by atoms with Crippen LogP contribution in [-0.2, 0) is 16.0 Å². The van der Waals surface area contributed by atoms with Crippen molar-refractivity contribution in [1.82, 2.24) is 0 Å². The second kappa shape index (κ2) is 5.17. The van der Waals surface area contributed by atoms with Crippen LogP contribution in [0.15, 0.2) is 12.7 Å². The quantitative estimate of drug-likeness (QED) is 0.404. The summed E-state index contributed by atoms with van der Waals surface area (Å²) in [6, 6.07) is -0.809. The molecular formula is C6H12N2O2S. The van der Waals surface area contributed by atoms with Gasteiger partial charge in [0.25, 0.3) is 0 Å². The molecule has 0 aromatic carbocycles. The lowest BCUT2D eigenvalue weighted by Crippen LogP contribution is -2.42. The van der Waals surface area contributed by atoms with Gasteiger partial charge in [0.15, 0.2) is 0 Å². The highest BCUT2D eigenvalue weighted by Gasteiger charge is 2.16. The minimum atomic E-state index is -1.11. The molecule has 2 atom stereocenters. The molecule has 4 nitrogen and oxygen atoms in total. The summed E-state index contributed by atoms with van der Waals surface area (Å²) in [6.07, 6.45) is 1.52. The standard InChI is InChI=1S/C6H12N2O2S/c1-2-3-11(10)4-5(7)6(8)9/h2,5H,1,3-4,7H2,(H2,8,9)/t5-,11?/m0/s1. The zero-order valence-electron chi connectivity index (χ0n) is 6.16. The van der Waals surface area contributed by atoms with Gasteiger partial charge in [-0.15, -0.1) is 0 Å². The minimum Gasteiger partial charge on any atom is -0.616 e. The summed E-state index contributed by atoms with van der Waals surface area (Å²) < 4.78 is 10.9. The van der Waals surface area contributed by atoms with Crippen LogP contribution < -0.4 is 11.5 Å². The third kappa shape index (κ3) is 4.83. The molecule has 64 valence electrons. The maximum atomic E-state index is 10.9. The van der Waals surface area contributed by atoms with E-state index in [1.165, 1.54) is 6.08 Å². The molecule has 0 radical (unpaired) electrons. The van der Waals surface area contributed by atoms with Crippen LogP contribution in [0, 0.1) is 0 Å². The van der Waals surface area contributed by atoms with Gasteiger partial charge in [-0.3, -0.25) is 4.79 Å². The molecule has 0 spiro atoms. The van der Waals surface area contributed by atoms with E-state index in [2.05, 4.69) is 6.58 Å². The highest BCUT2D eigenvalue weighted by Crippen LogP contribution is 1.93. The number of hydrogen-bond acceptors (Lipinski definition) is 3. The van der Waals surface area contributed by atoms with E-state index in [0.717, 1.165) is 0 Å². The number of hydrogen-bond donors (Lipinski definition) is 2. The summed E-state index contributed by atoms with van der Waals surface area (Å²) in [5.74, 6) is -0.162. The molecule has 0 rings (SSSR count). The van der Waals surface area contributed by atoms with Crippen LogP contribution in [0.2, 0.25) is 0 Å². The topological polar surface area (TPSA) is 92.2 Å². The Morgan fingerprint density at radius 3 is 2.73 bits per heavy atom. The fourth-order valence-corrected chi connectivity index (χ4v) is 1.45. The monoisotopic (exact) mass is 176 g/mol.